The van der Waals surface area contributed by atoms with Gasteiger partial charge in [0.05, 0.1) is 0 Å². The lowest BCUT2D eigenvalue weighted by molar-refractivity contribution is 1.26. The molecule has 2 aromatic rings. The van der Waals surface area contributed by atoms with E-state index in [1.807, 2.05) is 0 Å². The zero-order chi connectivity index (χ0) is 13.1. The molecule has 0 radical (unpaired) electrons. The summed E-state index contributed by atoms with van der Waals surface area (Å²) in [6.45, 7) is 8.52. The van der Waals surface area contributed by atoms with Crippen LogP contribution < -0.4 is 0 Å². The summed E-state index contributed by atoms with van der Waals surface area (Å²) in [5, 5.41) is 0. The largest absolute Gasteiger partial charge is 0.0617 e. The first kappa shape index (κ1) is 12.5. The Balaban J connectivity index is 2.33. The molecular formula is C18H18. The second-order valence-electron chi connectivity index (χ2n) is 4.85. The minimum absolute atomic E-state index is 1.07. The molecule has 0 saturated heterocycles. The molecule has 0 spiro atoms. The maximum atomic E-state index is 3.24. The molecule has 0 aromatic heterocycles. The molecule has 90 valence electrons. The lowest BCUT2D eigenvalue weighted by Crippen LogP contribution is -1.88. The van der Waals surface area contributed by atoms with Crippen LogP contribution in [0.5, 0.6) is 0 Å². The standard InChI is InChI=1S/C18H18/c1-13-5-7-17(8-6-13)9-10-18-11-14(2)16(4)15(3)12-18/h5-8,11-12H,1-4H3. The first-order chi connectivity index (χ1) is 8.56. The van der Waals surface area contributed by atoms with Crippen molar-refractivity contribution < 1.29 is 0 Å². The minimum Gasteiger partial charge on any atom is -0.0617 e. The summed E-state index contributed by atoms with van der Waals surface area (Å²) in [7, 11) is 0. The summed E-state index contributed by atoms with van der Waals surface area (Å²) in [6.07, 6.45) is 0. The molecule has 0 heterocycles. The minimum atomic E-state index is 1.07. The van der Waals surface area contributed by atoms with Crippen molar-refractivity contribution in [2.75, 3.05) is 0 Å². The molecular weight excluding hydrogens is 216 g/mol. The van der Waals surface area contributed by atoms with Crippen molar-refractivity contribution >= 4 is 0 Å². The molecule has 0 fully saturated rings. The quantitative estimate of drug-likeness (QED) is 0.595. The highest BCUT2D eigenvalue weighted by Gasteiger charge is 1.98. The van der Waals surface area contributed by atoms with Crippen molar-refractivity contribution in [3.8, 4) is 11.8 Å². The van der Waals surface area contributed by atoms with Gasteiger partial charge < -0.3 is 0 Å². The van der Waals surface area contributed by atoms with E-state index < -0.39 is 0 Å². The number of hydrogen-bond donors (Lipinski definition) is 0. The third kappa shape index (κ3) is 2.81. The molecule has 0 atom stereocenters. The third-order valence-electron chi connectivity index (χ3n) is 3.33. The van der Waals surface area contributed by atoms with E-state index in [4.69, 9.17) is 0 Å². The van der Waals surface area contributed by atoms with Gasteiger partial charge in [-0.2, -0.15) is 0 Å². The smallest absolute Gasteiger partial charge is 0.0254 e. The highest BCUT2D eigenvalue weighted by molar-refractivity contribution is 5.48. The number of rotatable bonds is 0. The molecule has 0 aliphatic heterocycles. The zero-order valence-electron chi connectivity index (χ0n) is 11.5. The van der Waals surface area contributed by atoms with E-state index in [0.717, 1.165) is 11.1 Å². The Morgan fingerprint density at radius 3 is 1.72 bits per heavy atom. The van der Waals surface area contributed by atoms with Gasteiger partial charge in [-0.25, -0.2) is 0 Å². The van der Waals surface area contributed by atoms with Gasteiger partial charge in [-0.1, -0.05) is 29.5 Å². The summed E-state index contributed by atoms with van der Waals surface area (Å²) < 4.78 is 0. The van der Waals surface area contributed by atoms with Gasteiger partial charge in [0.15, 0.2) is 0 Å². The highest BCUT2D eigenvalue weighted by atomic mass is 14.0. The van der Waals surface area contributed by atoms with Crippen LogP contribution >= 0.6 is 0 Å². The van der Waals surface area contributed by atoms with Crippen molar-refractivity contribution in [2.24, 2.45) is 0 Å². The Morgan fingerprint density at radius 1 is 0.667 bits per heavy atom. The van der Waals surface area contributed by atoms with E-state index in [1.165, 1.54) is 22.3 Å². The second kappa shape index (κ2) is 5.10. The van der Waals surface area contributed by atoms with Crippen LogP contribution in [-0.2, 0) is 0 Å². The fourth-order valence-electron chi connectivity index (χ4n) is 1.89. The molecule has 0 N–H and O–H groups in total. The normalized spacial score (nSPS) is 9.78. The first-order valence-electron chi connectivity index (χ1n) is 6.23. The summed E-state index contributed by atoms with van der Waals surface area (Å²) in [6, 6.07) is 12.6. The maximum absolute atomic E-state index is 3.24. The Hall–Kier alpha value is -2.00. The third-order valence-corrected chi connectivity index (χ3v) is 3.33. The van der Waals surface area contributed by atoms with Gasteiger partial charge in [0.2, 0.25) is 0 Å². The highest BCUT2D eigenvalue weighted by Crippen LogP contribution is 2.14. The van der Waals surface area contributed by atoms with Gasteiger partial charge in [-0.3, -0.25) is 0 Å². The molecule has 2 rings (SSSR count). The Labute approximate surface area is 110 Å². The van der Waals surface area contributed by atoms with Gasteiger partial charge in [-0.15, -0.1) is 0 Å². The second-order valence-corrected chi connectivity index (χ2v) is 4.85. The lowest BCUT2D eigenvalue weighted by Gasteiger charge is -2.04. The van der Waals surface area contributed by atoms with E-state index in [0.29, 0.717) is 0 Å². The summed E-state index contributed by atoms with van der Waals surface area (Å²) in [4.78, 5) is 0. The molecule has 0 heteroatoms. The van der Waals surface area contributed by atoms with Gasteiger partial charge in [0.25, 0.3) is 0 Å². The van der Waals surface area contributed by atoms with Gasteiger partial charge in [0.1, 0.15) is 0 Å². The first-order valence-corrected chi connectivity index (χ1v) is 6.23. The monoisotopic (exact) mass is 234 g/mol. The Morgan fingerprint density at radius 2 is 1.17 bits per heavy atom. The predicted octanol–water partition coefficient (Wildman–Crippen LogP) is 4.32. The van der Waals surface area contributed by atoms with Crippen LogP contribution in [0, 0.1) is 39.5 Å². The number of hydrogen-bond acceptors (Lipinski definition) is 0. The van der Waals surface area contributed by atoms with Crippen LogP contribution in [0.3, 0.4) is 0 Å². The Bertz CT molecular complexity index is 596. The molecule has 0 amide bonds. The topological polar surface area (TPSA) is 0 Å². The summed E-state index contributed by atoms with van der Waals surface area (Å²) in [5.74, 6) is 6.45. The molecule has 2 aromatic carbocycles. The molecule has 0 saturated carbocycles. The summed E-state index contributed by atoms with van der Waals surface area (Å²) >= 11 is 0. The van der Waals surface area contributed by atoms with Gasteiger partial charge >= 0.3 is 0 Å². The van der Waals surface area contributed by atoms with Crippen molar-refractivity contribution in [1.29, 1.82) is 0 Å². The van der Waals surface area contributed by atoms with Gasteiger partial charge in [-0.05, 0) is 68.7 Å². The van der Waals surface area contributed by atoms with Crippen LogP contribution in [0.15, 0.2) is 36.4 Å². The SMILES string of the molecule is Cc1ccc(C#Cc2cc(C)c(C)c(C)c2)cc1. The van der Waals surface area contributed by atoms with Crippen LogP contribution in [0.2, 0.25) is 0 Å². The molecule has 18 heavy (non-hydrogen) atoms. The van der Waals surface area contributed by atoms with E-state index in [9.17, 15) is 0 Å². The average molecular weight is 234 g/mol. The van der Waals surface area contributed by atoms with E-state index in [-0.39, 0.29) is 0 Å². The van der Waals surface area contributed by atoms with Crippen LogP contribution in [0.25, 0.3) is 0 Å². The van der Waals surface area contributed by atoms with Crippen molar-refractivity contribution in [2.45, 2.75) is 27.7 Å². The fourth-order valence-corrected chi connectivity index (χ4v) is 1.89. The zero-order valence-corrected chi connectivity index (χ0v) is 11.5. The maximum Gasteiger partial charge on any atom is 0.0254 e. The summed E-state index contributed by atoms with van der Waals surface area (Å²) in [5.41, 5.74) is 7.40. The van der Waals surface area contributed by atoms with Crippen molar-refractivity contribution in [3.05, 3.63) is 69.8 Å². The number of benzene rings is 2. The van der Waals surface area contributed by atoms with Crippen LogP contribution in [0.4, 0.5) is 0 Å². The molecule has 0 aliphatic carbocycles. The number of aryl methyl sites for hydroxylation is 3. The van der Waals surface area contributed by atoms with E-state index in [2.05, 4.69) is 75.9 Å². The predicted molar refractivity (Wildman–Crippen MR) is 77.8 cm³/mol. The van der Waals surface area contributed by atoms with E-state index in [1.54, 1.807) is 0 Å². The molecule has 0 aliphatic rings. The molecule has 0 unspecified atom stereocenters. The molecule has 0 nitrogen and oxygen atoms in total. The van der Waals surface area contributed by atoms with Crippen LogP contribution in [0.1, 0.15) is 33.4 Å². The molecule has 0 bridgehead atoms. The fraction of sp³-hybridized carbons (Fsp3) is 0.222. The van der Waals surface area contributed by atoms with Crippen molar-refractivity contribution in [1.82, 2.24) is 0 Å². The lowest BCUT2D eigenvalue weighted by atomic mass is 10.0. The van der Waals surface area contributed by atoms with E-state index >= 15 is 0 Å². The van der Waals surface area contributed by atoms with Crippen molar-refractivity contribution in [3.63, 3.8) is 0 Å². The van der Waals surface area contributed by atoms with Gasteiger partial charge in [0, 0.05) is 11.1 Å². The Kier molecular flexibility index (Phi) is 3.53. The average Bonchev–Trinajstić information content (AvgIpc) is 2.35. The van der Waals surface area contributed by atoms with Crippen LogP contribution in [-0.4, -0.2) is 0 Å².